The number of hydrogen-bond donors (Lipinski definition) is 1. The molecular weight excluding hydrogens is 433 g/mol. The highest BCUT2D eigenvalue weighted by molar-refractivity contribution is 14.1. The lowest BCUT2D eigenvalue weighted by Gasteiger charge is -2.17. The van der Waals surface area contributed by atoms with Crippen molar-refractivity contribution in [3.05, 3.63) is 27.3 Å². The van der Waals surface area contributed by atoms with E-state index in [1.54, 1.807) is 22.6 Å². The molecule has 21 heavy (non-hydrogen) atoms. The number of benzene rings is 1. The summed E-state index contributed by atoms with van der Waals surface area (Å²) in [6, 6.07) is 3.75. The highest BCUT2D eigenvalue weighted by atomic mass is 127. The molecule has 0 amide bonds. The fourth-order valence-electron chi connectivity index (χ4n) is 1.42. The fraction of sp³-hybridized carbons (Fsp3) is 0.364. The maximum atomic E-state index is 12.3. The van der Waals surface area contributed by atoms with Crippen molar-refractivity contribution in [2.75, 3.05) is 25.6 Å². The van der Waals surface area contributed by atoms with Crippen LogP contribution in [0.4, 0.5) is 0 Å². The summed E-state index contributed by atoms with van der Waals surface area (Å²) in [5, 5.41) is 9.01. The molecule has 0 saturated heterocycles. The Hall–Kier alpha value is -0.720. The molecule has 0 aromatic heterocycles. The van der Waals surface area contributed by atoms with Crippen LogP contribution >= 0.6 is 22.6 Å². The average Bonchev–Trinajstić information content (AvgIpc) is 2.34. The number of nitrogens with zero attached hydrogens (tertiary/aromatic N) is 1. The molecule has 0 aliphatic carbocycles. The molecule has 7 nitrogen and oxygen atoms in total. The summed E-state index contributed by atoms with van der Waals surface area (Å²) in [7, 11) is -5.97. The van der Waals surface area contributed by atoms with Crippen molar-refractivity contribution in [2.24, 2.45) is 0 Å². The third-order valence-electron chi connectivity index (χ3n) is 2.65. The summed E-state index contributed by atoms with van der Waals surface area (Å²) in [5.74, 6) is -1.53. The Balaban J connectivity index is 3.13. The van der Waals surface area contributed by atoms with Crippen molar-refractivity contribution in [3.63, 3.8) is 0 Å². The van der Waals surface area contributed by atoms with Crippen molar-refractivity contribution in [2.45, 2.75) is 4.90 Å². The summed E-state index contributed by atoms with van der Waals surface area (Å²) >= 11 is 1.80. The molecule has 0 heterocycles. The van der Waals surface area contributed by atoms with E-state index in [1.807, 2.05) is 0 Å². The summed E-state index contributed by atoms with van der Waals surface area (Å²) in [5.41, 5.74) is -0.117. The lowest BCUT2D eigenvalue weighted by Crippen LogP contribution is -2.31. The lowest BCUT2D eigenvalue weighted by atomic mass is 10.2. The number of halogens is 1. The van der Waals surface area contributed by atoms with Gasteiger partial charge in [-0.3, -0.25) is 0 Å². The SMILES string of the molecule is CN(CCS(C)(=O)=O)S(=O)(=O)c1ccc(I)c(C(=O)O)c1. The second kappa shape index (κ2) is 6.58. The number of hydrogen-bond acceptors (Lipinski definition) is 5. The quantitative estimate of drug-likeness (QED) is 0.642. The molecule has 1 N–H and O–H groups in total. The number of carboxylic acid groups (broad SMARTS) is 1. The van der Waals surface area contributed by atoms with Crippen LogP contribution in [0.3, 0.4) is 0 Å². The largest absolute Gasteiger partial charge is 0.478 e. The van der Waals surface area contributed by atoms with E-state index < -0.39 is 25.8 Å². The van der Waals surface area contributed by atoms with Crippen LogP contribution in [0.5, 0.6) is 0 Å². The van der Waals surface area contributed by atoms with Crippen molar-refractivity contribution < 1.29 is 26.7 Å². The van der Waals surface area contributed by atoms with Crippen LogP contribution < -0.4 is 0 Å². The molecule has 0 atom stereocenters. The zero-order chi connectivity index (χ0) is 16.4. The maximum absolute atomic E-state index is 12.3. The van der Waals surface area contributed by atoms with E-state index in [2.05, 4.69) is 0 Å². The van der Waals surface area contributed by atoms with E-state index in [9.17, 15) is 21.6 Å². The standard InChI is InChI=1S/C11H14INO6S2/c1-13(5-6-20(2,16)17)21(18,19)8-3-4-10(12)9(7-8)11(14)15/h3-4,7H,5-6H2,1-2H3,(H,14,15). The van der Waals surface area contributed by atoms with Crippen LogP contribution in [0.25, 0.3) is 0 Å². The number of carboxylic acids is 1. The van der Waals surface area contributed by atoms with Crippen LogP contribution in [-0.4, -0.2) is 57.8 Å². The van der Waals surface area contributed by atoms with Crippen LogP contribution in [0.2, 0.25) is 0 Å². The van der Waals surface area contributed by atoms with Crippen LogP contribution in [0.15, 0.2) is 23.1 Å². The van der Waals surface area contributed by atoms with E-state index >= 15 is 0 Å². The minimum Gasteiger partial charge on any atom is -0.478 e. The van der Waals surface area contributed by atoms with Gasteiger partial charge in [0, 0.05) is 23.4 Å². The Morgan fingerprint density at radius 2 is 1.86 bits per heavy atom. The van der Waals surface area contributed by atoms with E-state index in [-0.39, 0.29) is 22.8 Å². The molecule has 0 aliphatic heterocycles. The van der Waals surface area contributed by atoms with Gasteiger partial charge >= 0.3 is 5.97 Å². The Kier molecular flexibility index (Phi) is 5.75. The van der Waals surface area contributed by atoms with Crippen LogP contribution in [0, 0.1) is 3.57 Å². The van der Waals surface area contributed by atoms with Gasteiger partial charge in [0.2, 0.25) is 10.0 Å². The van der Waals surface area contributed by atoms with Crippen molar-refractivity contribution >= 4 is 48.4 Å². The minimum atomic E-state index is -3.93. The highest BCUT2D eigenvalue weighted by Crippen LogP contribution is 2.20. The van der Waals surface area contributed by atoms with Gasteiger partial charge in [0.15, 0.2) is 0 Å². The number of rotatable bonds is 6. The lowest BCUT2D eigenvalue weighted by molar-refractivity contribution is 0.0695. The molecule has 10 heteroatoms. The van der Waals surface area contributed by atoms with Gasteiger partial charge in [-0.05, 0) is 40.8 Å². The van der Waals surface area contributed by atoms with Crippen molar-refractivity contribution in [1.29, 1.82) is 0 Å². The molecular formula is C11H14INO6S2. The molecule has 0 fully saturated rings. The molecule has 0 aliphatic rings. The summed E-state index contributed by atoms with van der Waals surface area (Å²) in [6.45, 7) is -0.199. The van der Waals surface area contributed by atoms with E-state index in [0.29, 0.717) is 3.57 Å². The van der Waals surface area contributed by atoms with Gasteiger partial charge < -0.3 is 5.11 Å². The Labute approximate surface area is 137 Å². The van der Waals surface area contributed by atoms with Gasteiger partial charge in [-0.15, -0.1) is 0 Å². The zero-order valence-electron chi connectivity index (χ0n) is 11.3. The Morgan fingerprint density at radius 1 is 1.29 bits per heavy atom. The molecule has 0 unspecified atom stereocenters. The molecule has 0 saturated carbocycles. The normalized spacial score (nSPS) is 12.6. The predicted molar refractivity (Wildman–Crippen MR) is 85.6 cm³/mol. The van der Waals surface area contributed by atoms with E-state index in [1.165, 1.54) is 19.2 Å². The summed E-state index contributed by atoms with van der Waals surface area (Å²) in [6.07, 6.45) is 1.01. The van der Waals surface area contributed by atoms with Crippen molar-refractivity contribution in [3.8, 4) is 0 Å². The van der Waals surface area contributed by atoms with Gasteiger partial charge in [0.1, 0.15) is 9.84 Å². The third-order valence-corrected chi connectivity index (χ3v) is 6.37. The maximum Gasteiger partial charge on any atom is 0.336 e. The van der Waals surface area contributed by atoms with E-state index in [0.717, 1.165) is 16.6 Å². The predicted octanol–water partition coefficient (Wildman–Crippen LogP) is 0.655. The average molecular weight is 447 g/mol. The summed E-state index contributed by atoms with van der Waals surface area (Å²) in [4.78, 5) is 10.9. The van der Waals surface area contributed by atoms with Gasteiger partial charge in [0.05, 0.1) is 16.2 Å². The minimum absolute atomic E-state index is 0.117. The molecule has 1 aromatic carbocycles. The van der Waals surface area contributed by atoms with Gasteiger partial charge in [0.25, 0.3) is 0 Å². The van der Waals surface area contributed by atoms with Crippen LogP contribution in [-0.2, 0) is 19.9 Å². The van der Waals surface area contributed by atoms with Gasteiger partial charge in [-0.1, -0.05) is 0 Å². The first-order valence-corrected chi connectivity index (χ1v) is 10.2. The number of sulfone groups is 1. The fourth-order valence-corrected chi connectivity index (χ4v) is 3.91. The Bertz CT molecular complexity index is 757. The second-order valence-electron chi connectivity index (χ2n) is 4.40. The molecule has 0 spiro atoms. The Morgan fingerprint density at radius 3 is 2.33 bits per heavy atom. The zero-order valence-corrected chi connectivity index (χ0v) is 15.1. The van der Waals surface area contributed by atoms with E-state index in [4.69, 9.17) is 5.11 Å². The molecule has 118 valence electrons. The van der Waals surface area contributed by atoms with Gasteiger partial charge in [-0.2, -0.15) is 4.31 Å². The number of sulfonamides is 1. The topological polar surface area (TPSA) is 109 Å². The first-order chi connectivity index (χ1) is 9.45. The molecule has 0 radical (unpaired) electrons. The highest BCUT2D eigenvalue weighted by Gasteiger charge is 2.23. The summed E-state index contributed by atoms with van der Waals surface area (Å²) < 4.78 is 48.0. The first-order valence-electron chi connectivity index (χ1n) is 5.62. The second-order valence-corrected chi connectivity index (χ2v) is 9.87. The molecule has 0 bridgehead atoms. The molecule has 1 rings (SSSR count). The smallest absolute Gasteiger partial charge is 0.336 e. The first kappa shape index (κ1) is 18.3. The third kappa shape index (κ3) is 4.90. The molecule has 1 aromatic rings. The van der Waals surface area contributed by atoms with Crippen LogP contribution in [0.1, 0.15) is 10.4 Å². The number of carbonyl (C=O) groups is 1. The van der Waals surface area contributed by atoms with Gasteiger partial charge in [-0.25, -0.2) is 21.6 Å². The monoisotopic (exact) mass is 447 g/mol. The number of aromatic carboxylic acids is 1. The van der Waals surface area contributed by atoms with Crippen molar-refractivity contribution in [1.82, 2.24) is 4.31 Å².